The number of carbonyl (C=O) groups excluding carboxylic acids is 1. The van der Waals surface area contributed by atoms with Crippen molar-refractivity contribution in [2.24, 2.45) is 0 Å². The number of halogens is 1. The SMILES string of the molecule is COc1cc(NC(=O)c2nc(SC)ncc2Cl)cc(OC)c1. The van der Waals surface area contributed by atoms with Gasteiger partial charge in [0.1, 0.15) is 11.5 Å². The second kappa shape index (κ2) is 7.33. The minimum Gasteiger partial charge on any atom is -0.497 e. The molecule has 22 heavy (non-hydrogen) atoms. The highest BCUT2D eigenvalue weighted by Gasteiger charge is 2.15. The van der Waals surface area contributed by atoms with Crippen molar-refractivity contribution in [3.8, 4) is 11.5 Å². The van der Waals surface area contributed by atoms with Gasteiger partial charge >= 0.3 is 0 Å². The van der Waals surface area contributed by atoms with Crippen LogP contribution in [-0.2, 0) is 0 Å². The number of rotatable bonds is 5. The number of thioether (sulfide) groups is 1. The molecule has 8 heteroatoms. The highest BCUT2D eigenvalue weighted by Crippen LogP contribution is 2.26. The normalized spacial score (nSPS) is 10.2. The zero-order valence-corrected chi connectivity index (χ0v) is 13.8. The van der Waals surface area contributed by atoms with Crippen molar-refractivity contribution < 1.29 is 14.3 Å². The minimum absolute atomic E-state index is 0.114. The maximum absolute atomic E-state index is 12.3. The fourth-order valence-electron chi connectivity index (χ4n) is 1.68. The molecule has 116 valence electrons. The summed E-state index contributed by atoms with van der Waals surface area (Å²) < 4.78 is 10.3. The average molecular weight is 340 g/mol. The Balaban J connectivity index is 2.29. The summed E-state index contributed by atoms with van der Waals surface area (Å²) in [7, 11) is 3.07. The van der Waals surface area contributed by atoms with Crippen molar-refractivity contribution in [1.29, 1.82) is 0 Å². The zero-order chi connectivity index (χ0) is 16.1. The number of hydrogen-bond donors (Lipinski definition) is 1. The van der Waals surface area contributed by atoms with Crippen molar-refractivity contribution in [2.45, 2.75) is 5.16 Å². The van der Waals surface area contributed by atoms with Crippen molar-refractivity contribution >= 4 is 35.0 Å². The fraction of sp³-hybridized carbons (Fsp3) is 0.214. The van der Waals surface area contributed by atoms with Gasteiger partial charge in [0.2, 0.25) is 0 Å². The second-order valence-corrected chi connectivity index (χ2v) is 5.29. The third-order valence-electron chi connectivity index (χ3n) is 2.73. The molecular formula is C14H14ClN3O3S. The largest absolute Gasteiger partial charge is 0.497 e. The summed E-state index contributed by atoms with van der Waals surface area (Å²) in [5.74, 6) is 0.694. The molecule has 0 saturated heterocycles. The third kappa shape index (κ3) is 3.80. The molecule has 2 rings (SSSR count). The molecule has 0 bridgehead atoms. The van der Waals surface area contributed by atoms with Crippen molar-refractivity contribution in [2.75, 3.05) is 25.8 Å². The van der Waals surface area contributed by atoms with Crippen molar-refractivity contribution in [3.63, 3.8) is 0 Å². The summed E-state index contributed by atoms with van der Waals surface area (Å²) in [6, 6.07) is 5.05. The molecule has 1 N–H and O–H groups in total. The smallest absolute Gasteiger partial charge is 0.275 e. The Labute approximate surface area is 137 Å². The fourth-order valence-corrected chi connectivity index (χ4v) is 2.20. The number of amides is 1. The number of nitrogens with zero attached hydrogens (tertiary/aromatic N) is 2. The molecule has 1 amide bonds. The molecule has 0 spiro atoms. The molecule has 0 atom stereocenters. The van der Waals surface area contributed by atoms with E-state index >= 15 is 0 Å². The van der Waals surface area contributed by atoms with Gasteiger partial charge in [-0.2, -0.15) is 0 Å². The third-order valence-corrected chi connectivity index (χ3v) is 3.57. The van der Waals surface area contributed by atoms with Gasteiger partial charge in [-0.3, -0.25) is 4.79 Å². The van der Waals surface area contributed by atoms with Crippen LogP contribution in [0.4, 0.5) is 5.69 Å². The predicted molar refractivity (Wildman–Crippen MR) is 86.3 cm³/mol. The van der Waals surface area contributed by atoms with Gasteiger partial charge < -0.3 is 14.8 Å². The lowest BCUT2D eigenvalue weighted by molar-refractivity contribution is 0.102. The van der Waals surface area contributed by atoms with E-state index in [0.717, 1.165) is 0 Å². The highest BCUT2D eigenvalue weighted by molar-refractivity contribution is 7.98. The van der Waals surface area contributed by atoms with Gasteiger partial charge in [0.05, 0.1) is 25.4 Å². The maximum atomic E-state index is 12.3. The number of carbonyl (C=O) groups is 1. The molecule has 0 fully saturated rings. The average Bonchev–Trinajstić information content (AvgIpc) is 2.54. The standard InChI is InChI=1S/C14H14ClN3O3S/c1-20-9-4-8(5-10(6-9)21-2)17-13(19)12-11(15)7-16-14(18-12)22-3/h4-7H,1-3H3,(H,17,19). The maximum Gasteiger partial charge on any atom is 0.275 e. The first-order valence-electron chi connectivity index (χ1n) is 6.18. The summed E-state index contributed by atoms with van der Waals surface area (Å²) in [6.45, 7) is 0. The summed E-state index contributed by atoms with van der Waals surface area (Å²) in [4.78, 5) is 20.4. The van der Waals surface area contributed by atoms with E-state index in [9.17, 15) is 4.79 Å². The number of benzene rings is 1. The summed E-state index contributed by atoms with van der Waals surface area (Å²) in [5.41, 5.74) is 0.629. The summed E-state index contributed by atoms with van der Waals surface area (Å²) in [5, 5.41) is 3.37. The minimum atomic E-state index is -0.432. The molecule has 2 aromatic rings. The van der Waals surface area contributed by atoms with Crippen LogP contribution in [0.15, 0.2) is 29.6 Å². The molecular weight excluding hydrogens is 326 g/mol. The van der Waals surface area contributed by atoms with E-state index in [4.69, 9.17) is 21.1 Å². The first-order valence-corrected chi connectivity index (χ1v) is 7.78. The number of aromatic nitrogens is 2. The van der Waals surface area contributed by atoms with Crippen LogP contribution in [0, 0.1) is 0 Å². The highest BCUT2D eigenvalue weighted by atomic mass is 35.5. The first-order chi connectivity index (χ1) is 10.6. The van der Waals surface area contributed by atoms with Crippen LogP contribution in [-0.4, -0.2) is 36.4 Å². The van der Waals surface area contributed by atoms with Gasteiger partial charge in [0, 0.05) is 23.9 Å². The molecule has 1 aromatic heterocycles. The molecule has 0 saturated carbocycles. The molecule has 0 unspecified atom stereocenters. The number of methoxy groups -OCH3 is 2. The Morgan fingerprint density at radius 3 is 2.41 bits per heavy atom. The van der Waals surface area contributed by atoms with E-state index in [1.54, 1.807) is 18.2 Å². The topological polar surface area (TPSA) is 73.3 Å². The summed E-state index contributed by atoms with van der Waals surface area (Å²) in [6.07, 6.45) is 3.22. The Kier molecular flexibility index (Phi) is 5.46. The zero-order valence-electron chi connectivity index (χ0n) is 12.2. The van der Waals surface area contributed by atoms with E-state index in [1.165, 1.54) is 32.2 Å². The van der Waals surface area contributed by atoms with Crippen LogP contribution >= 0.6 is 23.4 Å². The molecule has 0 aliphatic carbocycles. The second-order valence-electron chi connectivity index (χ2n) is 4.11. The lowest BCUT2D eigenvalue weighted by Gasteiger charge is -2.10. The predicted octanol–water partition coefficient (Wildman–Crippen LogP) is 3.12. The molecule has 0 radical (unpaired) electrons. The number of hydrogen-bond acceptors (Lipinski definition) is 6. The van der Waals surface area contributed by atoms with Crippen LogP contribution in [0.25, 0.3) is 0 Å². The van der Waals surface area contributed by atoms with Gasteiger partial charge in [0.25, 0.3) is 5.91 Å². The van der Waals surface area contributed by atoms with Crippen LogP contribution in [0.5, 0.6) is 11.5 Å². The lowest BCUT2D eigenvalue weighted by Crippen LogP contribution is -2.15. The Morgan fingerprint density at radius 2 is 1.86 bits per heavy atom. The number of ether oxygens (including phenoxy) is 2. The molecule has 1 aromatic carbocycles. The van der Waals surface area contributed by atoms with Gasteiger partial charge in [-0.25, -0.2) is 9.97 Å². The number of nitrogens with one attached hydrogen (secondary N) is 1. The van der Waals surface area contributed by atoms with E-state index < -0.39 is 5.91 Å². The Bertz CT molecular complexity index is 675. The van der Waals surface area contributed by atoms with Gasteiger partial charge in [-0.15, -0.1) is 0 Å². The molecule has 0 aliphatic heterocycles. The van der Waals surface area contributed by atoms with E-state index in [-0.39, 0.29) is 10.7 Å². The van der Waals surface area contributed by atoms with Gasteiger partial charge in [0.15, 0.2) is 10.9 Å². The number of anilines is 1. The quantitative estimate of drug-likeness (QED) is 0.666. The van der Waals surface area contributed by atoms with Crippen LogP contribution in [0.1, 0.15) is 10.5 Å². The van der Waals surface area contributed by atoms with Crippen molar-refractivity contribution in [1.82, 2.24) is 9.97 Å². The summed E-state index contributed by atoms with van der Waals surface area (Å²) >= 11 is 7.31. The van der Waals surface area contributed by atoms with Crippen LogP contribution in [0.2, 0.25) is 5.02 Å². The van der Waals surface area contributed by atoms with Gasteiger partial charge in [-0.1, -0.05) is 23.4 Å². The Morgan fingerprint density at radius 1 is 1.23 bits per heavy atom. The van der Waals surface area contributed by atoms with E-state index in [2.05, 4.69) is 15.3 Å². The molecule has 1 heterocycles. The molecule has 6 nitrogen and oxygen atoms in total. The van der Waals surface area contributed by atoms with E-state index in [1.807, 2.05) is 6.26 Å². The van der Waals surface area contributed by atoms with Crippen LogP contribution in [0.3, 0.4) is 0 Å². The van der Waals surface area contributed by atoms with Gasteiger partial charge in [-0.05, 0) is 6.26 Å². The van der Waals surface area contributed by atoms with Crippen LogP contribution < -0.4 is 14.8 Å². The van der Waals surface area contributed by atoms with E-state index in [0.29, 0.717) is 22.3 Å². The first kappa shape index (κ1) is 16.4. The molecule has 0 aliphatic rings. The Hall–Kier alpha value is -1.99. The lowest BCUT2D eigenvalue weighted by atomic mass is 10.2. The monoisotopic (exact) mass is 339 g/mol. The van der Waals surface area contributed by atoms with Crippen molar-refractivity contribution in [3.05, 3.63) is 35.1 Å².